The molecule has 0 bridgehead atoms. The van der Waals surface area contributed by atoms with Crippen molar-refractivity contribution in [1.82, 2.24) is 0 Å². The summed E-state index contributed by atoms with van der Waals surface area (Å²) in [6, 6.07) is 0. The van der Waals surface area contributed by atoms with E-state index in [2.05, 4.69) is 0 Å². The van der Waals surface area contributed by atoms with Crippen LogP contribution in [0.2, 0.25) is 0 Å². The molecular weight excluding hydrogens is 160 g/mol. The first-order valence-corrected chi connectivity index (χ1v) is 4.01. The van der Waals surface area contributed by atoms with E-state index in [1.165, 1.54) is 0 Å². The molecule has 0 aliphatic carbocycles. The number of cyclic esters (lactones) is 1. The highest BCUT2D eigenvalue weighted by molar-refractivity contribution is 5.84. The lowest BCUT2D eigenvalue weighted by atomic mass is 9.91. The Balaban J connectivity index is 2.80. The van der Waals surface area contributed by atoms with E-state index in [9.17, 15) is 9.59 Å². The first-order valence-electron chi connectivity index (χ1n) is 4.01. The predicted molar refractivity (Wildman–Crippen MR) is 40.5 cm³/mol. The molecule has 0 spiro atoms. The summed E-state index contributed by atoms with van der Waals surface area (Å²) < 4.78 is 4.88. The summed E-state index contributed by atoms with van der Waals surface area (Å²) in [5.41, 5.74) is 0. The Kier molecular flexibility index (Phi) is 2.35. The van der Waals surface area contributed by atoms with E-state index in [0.717, 1.165) is 0 Å². The lowest BCUT2D eigenvalue weighted by molar-refractivity contribution is -0.144. The van der Waals surface area contributed by atoms with Gasteiger partial charge in [0, 0.05) is 0 Å². The van der Waals surface area contributed by atoms with Gasteiger partial charge in [-0.1, -0.05) is 13.8 Å². The molecule has 0 saturated carbocycles. The molecule has 1 N–H and O–H groups in total. The Bertz CT molecular complexity index is 211. The van der Waals surface area contributed by atoms with Crippen molar-refractivity contribution in [3.05, 3.63) is 0 Å². The molecule has 1 saturated heterocycles. The van der Waals surface area contributed by atoms with Crippen LogP contribution in [0, 0.1) is 11.8 Å². The molecule has 12 heavy (non-hydrogen) atoms. The molecule has 4 nitrogen and oxygen atoms in total. The third-order valence-electron chi connectivity index (χ3n) is 2.27. The van der Waals surface area contributed by atoms with Gasteiger partial charge >= 0.3 is 11.9 Å². The molecule has 0 aromatic rings. The third kappa shape index (κ3) is 1.29. The van der Waals surface area contributed by atoms with E-state index in [1.807, 2.05) is 6.92 Å². The fourth-order valence-corrected chi connectivity index (χ4v) is 1.51. The van der Waals surface area contributed by atoms with Crippen molar-refractivity contribution in [2.24, 2.45) is 11.8 Å². The van der Waals surface area contributed by atoms with Gasteiger partial charge in [0.25, 0.3) is 0 Å². The van der Waals surface area contributed by atoms with Crippen molar-refractivity contribution in [1.29, 1.82) is 0 Å². The Morgan fingerprint density at radius 2 is 2.25 bits per heavy atom. The number of rotatable bonds is 2. The maximum Gasteiger partial charge on any atom is 0.311 e. The zero-order valence-corrected chi connectivity index (χ0v) is 7.11. The standard InChI is InChI=1S/C8H12O4/c1-3-5-6(7(9)10)4(2)8(11)12-5/h4-6H,3H2,1-2H3,(H,9,10)/t4-,5+,6-/m0/s1. The van der Waals surface area contributed by atoms with Crippen LogP contribution in [0.15, 0.2) is 0 Å². The summed E-state index contributed by atoms with van der Waals surface area (Å²) in [5.74, 6) is -2.51. The number of aliphatic carboxylic acids is 1. The number of carboxylic acids is 1. The van der Waals surface area contributed by atoms with Crippen LogP contribution in [0.25, 0.3) is 0 Å². The molecule has 0 radical (unpaired) electrons. The molecule has 1 aliphatic heterocycles. The Morgan fingerprint density at radius 3 is 2.58 bits per heavy atom. The molecule has 68 valence electrons. The van der Waals surface area contributed by atoms with E-state index >= 15 is 0 Å². The first-order chi connectivity index (χ1) is 5.57. The smallest absolute Gasteiger partial charge is 0.311 e. The van der Waals surface area contributed by atoms with E-state index in [4.69, 9.17) is 9.84 Å². The van der Waals surface area contributed by atoms with Crippen molar-refractivity contribution in [3.8, 4) is 0 Å². The van der Waals surface area contributed by atoms with Crippen LogP contribution in [-0.4, -0.2) is 23.1 Å². The number of hydrogen-bond donors (Lipinski definition) is 1. The average molecular weight is 172 g/mol. The average Bonchev–Trinajstić information content (AvgIpc) is 2.28. The first kappa shape index (κ1) is 9.03. The zero-order chi connectivity index (χ0) is 9.30. The van der Waals surface area contributed by atoms with Crippen molar-refractivity contribution >= 4 is 11.9 Å². The molecule has 0 amide bonds. The summed E-state index contributed by atoms with van der Waals surface area (Å²) in [6.45, 7) is 3.41. The van der Waals surface area contributed by atoms with Crippen molar-refractivity contribution in [3.63, 3.8) is 0 Å². The Hall–Kier alpha value is -1.06. The largest absolute Gasteiger partial charge is 0.481 e. The summed E-state index contributed by atoms with van der Waals surface area (Å²) in [4.78, 5) is 21.7. The quantitative estimate of drug-likeness (QED) is 0.621. The van der Waals surface area contributed by atoms with Crippen LogP contribution in [0.5, 0.6) is 0 Å². The molecule has 4 heteroatoms. The maximum absolute atomic E-state index is 11.0. The molecule has 0 aromatic heterocycles. The van der Waals surface area contributed by atoms with Gasteiger partial charge in [-0.25, -0.2) is 0 Å². The van der Waals surface area contributed by atoms with Gasteiger partial charge in [-0.05, 0) is 6.42 Å². The fourth-order valence-electron chi connectivity index (χ4n) is 1.51. The van der Waals surface area contributed by atoms with Gasteiger partial charge < -0.3 is 9.84 Å². The van der Waals surface area contributed by atoms with Crippen molar-refractivity contribution < 1.29 is 19.4 Å². The molecule has 1 heterocycles. The van der Waals surface area contributed by atoms with Crippen LogP contribution in [0.3, 0.4) is 0 Å². The minimum atomic E-state index is -0.944. The number of esters is 1. The zero-order valence-electron chi connectivity index (χ0n) is 7.11. The molecule has 0 aromatic carbocycles. The van der Waals surface area contributed by atoms with Crippen LogP contribution in [0.1, 0.15) is 20.3 Å². The minimum Gasteiger partial charge on any atom is -0.481 e. The van der Waals surface area contributed by atoms with E-state index < -0.39 is 29.9 Å². The van der Waals surface area contributed by atoms with Crippen molar-refractivity contribution in [2.45, 2.75) is 26.4 Å². The predicted octanol–water partition coefficient (Wildman–Crippen LogP) is 0.659. The fraction of sp³-hybridized carbons (Fsp3) is 0.750. The second kappa shape index (κ2) is 3.13. The highest BCUT2D eigenvalue weighted by atomic mass is 16.6. The molecule has 1 rings (SSSR count). The summed E-state index contributed by atoms with van der Waals surface area (Å²) in [7, 11) is 0. The number of hydrogen-bond acceptors (Lipinski definition) is 3. The van der Waals surface area contributed by atoms with Gasteiger partial charge in [0.1, 0.15) is 12.0 Å². The SMILES string of the molecule is CC[C@H]1OC(=O)[C@@H](C)[C@@H]1C(=O)O. The van der Waals surface area contributed by atoms with Gasteiger partial charge in [-0.15, -0.1) is 0 Å². The number of ether oxygens (including phenoxy) is 1. The Morgan fingerprint density at radius 1 is 1.67 bits per heavy atom. The highest BCUT2D eigenvalue weighted by Crippen LogP contribution is 2.29. The normalized spacial score (nSPS) is 34.8. The molecule has 1 aliphatic rings. The molecule has 0 unspecified atom stereocenters. The van der Waals surface area contributed by atoms with Gasteiger partial charge in [-0.2, -0.15) is 0 Å². The van der Waals surface area contributed by atoms with Gasteiger partial charge in [0.2, 0.25) is 0 Å². The second-order valence-electron chi connectivity index (χ2n) is 3.04. The highest BCUT2D eigenvalue weighted by Gasteiger charge is 2.45. The van der Waals surface area contributed by atoms with E-state index in [-0.39, 0.29) is 0 Å². The van der Waals surface area contributed by atoms with E-state index in [1.54, 1.807) is 6.92 Å². The molecular formula is C8H12O4. The topological polar surface area (TPSA) is 63.6 Å². The lowest BCUT2D eigenvalue weighted by Gasteiger charge is -2.12. The summed E-state index contributed by atoms with van der Waals surface area (Å²) in [6.07, 6.45) is 0.123. The number of carbonyl (C=O) groups is 2. The molecule has 1 fully saturated rings. The van der Waals surface area contributed by atoms with Gasteiger partial charge in [-0.3, -0.25) is 9.59 Å². The van der Waals surface area contributed by atoms with Crippen LogP contribution < -0.4 is 0 Å². The second-order valence-corrected chi connectivity index (χ2v) is 3.04. The Labute approximate surface area is 70.5 Å². The van der Waals surface area contributed by atoms with Crippen molar-refractivity contribution in [2.75, 3.05) is 0 Å². The van der Waals surface area contributed by atoms with Crippen LogP contribution in [-0.2, 0) is 14.3 Å². The maximum atomic E-state index is 11.0. The lowest BCUT2D eigenvalue weighted by Crippen LogP contribution is -2.27. The third-order valence-corrected chi connectivity index (χ3v) is 2.27. The van der Waals surface area contributed by atoms with Crippen LogP contribution >= 0.6 is 0 Å². The summed E-state index contributed by atoms with van der Waals surface area (Å²) >= 11 is 0. The monoisotopic (exact) mass is 172 g/mol. The minimum absolute atomic E-state index is 0.394. The number of carbonyl (C=O) groups excluding carboxylic acids is 1. The van der Waals surface area contributed by atoms with Gasteiger partial charge in [0.05, 0.1) is 5.92 Å². The summed E-state index contributed by atoms with van der Waals surface area (Å²) in [5, 5.41) is 8.77. The molecule has 3 atom stereocenters. The number of carboxylic acid groups (broad SMARTS) is 1. The van der Waals surface area contributed by atoms with E-state index in [0.29, 0.717) is 6.42 Å². The van der Waals surface area contributed by atoms with Gasteiger partial charge in [0.15, 0.2) is 0 Å². The van der Waals surface area contributed by atoms with Crippen LogP contribution in [0.4, 0.5) is 0 Å².